The molecule has 2 rings (SSSR count). The molecule has 0 aliphatic heterocycles. The molecular weight excluding hydrogens is 296 g/mol. The molecule has 0 saturated heterocycles. The molecule has 0 saturated carbocycles. The Morgan fingerprint density at radius 3 is 2.53 bits per heavy atom. The summed E-state index contributed by atoms with van der Waals surface area (Å²) in [6, 6.07) is 10.6. The van der Waals surface area contributed by atoms with Gasteiger partial charge in [-0.25, -0.2) is 4.98 Å². The van der Waals surface area contributed by atoms with Crippen LogP contribution in [0.5, 0.6) is 0 Å². The number of hydrogen-bond acceptors (Lipinski definition) is 3. The number of aromatic nitrogens is 2. The maximum atomic E-state index is 4.48. The molecule has 0 fully saturated rings. The van der Waals surface area contributed by atoms with E-state index in [0.29, 0.717) is 16.6 Å². The zero-order valence-corrected chi connectivity index (χ0v) is 12.3. The highest BCUT2D eigenvalue weighted by atomic mass is 79.9. The molecule has 0 bridgehead atoms. The highest BCUT2D eigenvalue weighted by molar-refractivity contribution is 9.10. The zero-order valence-electron chi connectivity index (χ0n) is 9.93. The van der Waals surface area contributed by atoms with Crippen LogP contribution < -0.4 is 0 Å². The zero-order chi connectivity index (χ0) is 12.3. The average Bonchev–Trinajstić information content (AvgIpc) is 2.77. The number of halogens is 1. The highest BCUT2D eigenvalue weighted by Crippen LogP contribution is 2.34. The van der Waals surface area contributed by atoms with Gasteiger partial charge in [-0.05, 0) is 38.9 Å². The second-order valence-corrected chi connectivity index (χ2v) is 5.67. The van der Waals surface area contributed by atoms with Crippen LogP contribution in [0.1, 0.15) is 36.8 Å². The van der Waals surface area contributed by atoms with E-state index in [1.165, 1.54) is 17.1 Å². The van der Waals surface area contributed by atoms with Crippen molar-refractivity contribution in [2.24, 2.45) is 5.92 Å². The molecule has 0 radical (unpaired) electrons. The van der Waals surface area contributed by atoms with Crippen molar-refractivity contribution in [3.05, 3.63) is 45.6 Å². The number of rotatable bonds is 4. The number of benzene rings is 1. The van der Waals surface area contributed by atoms with E-state index in [0.717, 1.165) is 11.4 Å². The first kappa shape index (κ1) is 12.7. The molecule has 90 valence electrons. The summed E-state index contributed by atoms with van der Waals surface area (Å²) in [6.45, 7) is 4.49. The maximum Gasteiger partial charge on any atom is 0.209 e. The van der Waals surface area contributed by atoms with Gasteiger partial charge in [0.05, 0.1) is 0 Å². The van der Waals surface area contributed by atoms with Crippen LogP contribution in [0, 0.1) is 5.92 Å². The minimum absolute atomic E-state index is 0.352. The van der Waals surface area contributed by atoms with Gasteiger partial charge < -0.3 is 0 Å². The summed E-state index contributed by atoms with van der Waals surface area (Å²) in [5, 5.41) is 1.09. The molecule has 2 atom stereocenters. The van der Waals surface area contributed by atoms with E-state index in [9.17, 15) is 0 Å². The molecule has 2 unspecified atom stereocenters. The van der Waals surface area contributed by atoms with E-state index in [4.69, 9.17) is 0 Å². The molecule has 1 aromatic carbocycles. The van der Waals surface area contributed by atoms with E-state index < -0.39 is 0 Å². The fourth-order valence-corrected chi connectivity index (χ4v) is 3.30. The fourth-order valence-electron chi connectivity index (χ4n) is 1.95. The third-order valence-corrected chi connectivity index (χ3v) is 4.44. The van der Waals surface area contributed by atoms with Crippen molar-refractivity contribution in [3.8, 4) is 0 Å². The molecule has 2 nitrogen and oxygen atoms in total. The predicted octanol–water partition coefficient (Wildman–Crippen LogP) is 4.48. The van der Waals surface area contributed by atoms with Crippen LogP contribution in [0.25, 0.3) is 0 Å². The Morgan fingerprint density at radius 2 is 2.00 bits per heavy atom. The lowest BCUT2D eigenvalue weighted by molar-refractivity contribution is 0.494. The standard InChI is InChI=1S/C13H15BrN2S/c1-3-9(2)11(10-7-5-4-6-8-10)12-15-13(14)16-17-12/h4-9,11H,3H2,1-2H3. The summed E-state index contributed by atoms with van der Waals surface area (Å²) >= 11 is 4.82. The lowest BCUT2D eigenvalue weighted by Gasteiger charge is -2.20. The van der Waals surface area contributed by atoms with Gasteiger partial charge in [0.25, 0.3) is 0 Å². The molecule has 17 heavy (non-hydrogen) atoms. The number of hydrogen-bond donors (Lipinski definition) is 0. The summed E-state index contributed by atoms with van der Waals surface area (Å²) in [7, 11) is 0. The molecule has 0 spiro atoms. The Morgan fingerprint density at radius 1 is 1.29 bits per heavy atom. The van der Waals surface area contributed by atoms with E-state index >= 15 is 0 Å². The lowest BCUT2D eigenvalue weighted by Crippen LogP contribution is -2.10. The van der Waals surface area contributed by atoms with Crippen molar-refractivity contribution < 1.29 is 0 Å². The van der Waals surface area contributed by atoms with Crippen molar-refractivity contribution >= 4 is 27.5 Å². The van der Waals surface area contributed by atoms with Crippen LogP contribution >= 0.6 is 27.5 Å². The third kappa shape index (κ3) is 2.93. The van der Waals surface area contributed by atoms with Crippen LogP contribution in [0.3, 0.4) is 0 Å². The van der Waals surface area contributed by atoms with Gasteiger partial charge in [-0.1, -0.05) is 50.6 Å². The molecule has 2 aromatic rings. The van der Waals surface area contributed by atoms with Crippen molar-refractivity contribution in [2.75, 3.05) is 0 Å². The maximum absolute atomic E-state index is 4.48. The first-order valence-electron chi connectivity index (χ1n) is 5.76. The van der Waals surface area contributed by atoms with Gasteiger partial charge in [-0.3, -0.25) is 0 Å². The smallest absolute Gasteiger partial charge is 0.209 e. The monoisotopic (exact) mass is 310 g/mol. The average molecular weight is 311 g/mol. The van der Waals surface area contributed by atoms with Gasteiger partial charge in [0.1, 0.15) is 5.01 Å². The Hall–Kier alpha value is -0.740. The number of nitrogens with zero attached hydrogens (tertiary/aromatic N) is 2. The summed E-state index contributed by atoms with van der Waals surface area (Å²) < 4.78 is 4.92. The van der Waals surface area contributed by atoms with E-state index in [2.05, 4.69) is 63.4 Å². The van der Waals surface area contributed by atoms with Crippen molar-refractivity contribution in [1.82, 2.24) is 9.36 Å². The molecule has 0 N–H and O–H groups in total. The minimum atomic E-state index is 0.352. The Balaban J connectivity index is 2.39. The van der Waals surface area contributed by atoms with Gasteiger partial charge in [0, 0.05) is 5.92 Å². The van der Waals surface area contributed by atoms with E-state index in [-0.39, 0.29) is 0 Å². The van der Waals surface area contributed by atoms with Gasteiger partial charge in [0.15, 0.2) is 0 Å². The van der Waals surface area contributed by atoms with Crippen LogP contribution in [-0.2, 0) is 0 Å². The molecule has 0 aliphatic carbocycles. The summed E-state index contributed by atoms with van der Waals surface area (Å²) in [5.41, 5.74) is 1.32. The lowest BCUT2D eigenvalue weighted by atomic mass is 9.86. The van der Waals surface area contributed by atoms with E-state index in [1.54, 1.807) is 0 Å². The Labute approximate surface area is 114 Å². The Bertz CT molecular complexity index is 469. The summed E-state index contributed by atoms with van der Waals surface area (Å²) in [5.74, 6) is 0.919. The molecule has 1 heterocycles. The van der Waals surface area contributed by atoms with Gasteiger partial charge >= 0.3 is 0 Å². The van der Waals surface area contributed by atoms with Gasteiger partial charge in [0.2, 0.25) is 4.73 Å². The third-order valence-electron chi connectivity index (χ3n) is 3.05. The van der Waals surface area contributed by atoms with Gasteiger partial charge in [-0.15, -0.1) is 0 Å². The van der Waals surface area contributed by atoms with Crippen molar-refractivity contribution in [3.63, 3.8) is 0 Å². The molecule has 4 heteroatoms. The molecule has 1 aromatic heterocycles. The van der Waals surface area contributed by atoms with Gasteiger partial charge in [-0.2, -0.15) is 4.37 Å². The SMILES string of the molecule is CCC(C)C(c1ccccc1)c1nc(Br)ns1. The molecular formula is C13H15BrN2S. The topological polar surface area (TPSA) is 25.8 Å². The van der Waals surface area contributed by atoms with E-state index in [1.807, 2.05) is 6.07 Å². The molecule has 0 amide bonds. The van der Waals surface area contributed by atoms with Crippen molar-refractivity contribution in [1.29, 1.82) is 0 Å². The quantitative estimate of drug-likeness (QED) is 0.832. The van der Waals surface area contributed by atoms with Crippen molar-refractivity contribution in [2.45, 2.75) is 26.2 Å². The fraction of sp³-hybridized carbons (Fsp3) is 0.385. The largest absolute Gasteiger partial charge is 0.213 e. The van der Waals surface area contributed by atoms with Crippen LogP contribution in [0.15, 0.2) is 35.1 Å². The van der Waals surface area contributed by atoms with Crippen LogP contribution in [-0.4, -0.2) is 9.36 Å². The first-order valence-corrected chi connectivity index (χ1v) is 7.33. The minimum Gasteiger partial charge on any atom is -0.213 e. The second kappa shape index (κ2) is 5.74. The normalized spacial score (nSPS) is 14.5. The predicted molar refractivity (Wildman–Crippen MR) is 75.3 cm³/mol. The summed E-state index contributed by atoms with van der Waals surface area (Å²) in [4.78, 5) is 4.48. The Kier molecular flexibility index (Phi) is 4.29. The van der Waals surface area contributed by atoms with Crippen LogP contribution in [0.2, 0.25) is 0 Å². The highest BCUT2D eigenvalue weighted by Gasteiger charge is 2.23. The summed E-state index contributed by atoms with van der Waals surface area (Å²) in [6.07, 6.45) is 1.14. The van der Waals surface area contributed by atoms with Crippen LogP contribution in [0.4, 0.5) is 0 Å². The first-order chi connectivity index (χ1) is 8.22. The second-order valence-electron chi connectivity index (χ2n) is 4.18. The molecule has 0 aliphatic rings.